The summed E-state index contributed by atoms with van der Waals surface area (Å²) >= 11 is 6.23. The molecule has 0 saturated carbocycles. The van der Waals surface area contributed by atoms with Gasteiger partial charge in [0, 0.05) is 17.3 Å². The molecule has 0 spiro atoms. The zero-order valence-electron chi connectivity index (χ0n) is 19.6. The van der Waals surface area contributed by atoms with Crippen molar-refractivity contribution in [1.82, 2.24) is 15.1 Å². The van der Waals surface area contributed by atoms with Crippen molar-refractivity contribution in [3.63, 3.8) is 0 Å². The number of carbonyl (C=O) groups is 1. The SMILES string of the molecule is CCCNC(O)c1cccc(Cl)c1C(=O)Nc1ccc(Cn2nc(C(F)(F)F)cc2C(F)(F)F)cc1C. The van der Waals surface area contributed by atoms with Crippen molar-refractivity contribution in [2.24, 2.45) is 0 Å². The average molecular weight is 549 g/mol. The number of aliphatic hydroxyl groups excluding tert-OH is 1. The van der Waals surface area contributed by atoms with Gasteiger partial charge in [-0.25, -0.2) is 0 Å². The summed E-state index contributed by atoms with van der Waals surface area (Å²) in [6, 6.07) is 8.78. The van der Waals surface area contributed by atoms with Gasteiger partial charge < -0.3 is 10.4 Å². The maximum atomic E-state index is 13.3. The van der Waals surface area contributed by atoms with Crippen LogP contribution in [0, 0.1) is 6.92 Å². The first-order chi connectivity index (χ1) is 17.2. The third-order valence-corrected chi connectivity index (χ3v) is 5.70. The van der Waals surface area contributed by atoms with E-state index in [2.05, 4.69) is 15.7 Å². The lowest BCUT2D eigenvalue weighted by molar-refractivity contribution is -0.144. The molecule has 3 aromatic rings. The van der Waals surface area contributed by atoms with Gasteiger partial charge in [-0.3, -0.25) is 14.8 Å². The first-order valence-electron chi connectivity index (χ1n) is 11.0. The Kier molecular flexibility index (Phi) is 8.56. The van der Waals surface area contributed by atoms with Gasteiger partial charge in [0.2, 0.25) is 0 Å². The molecule has 0 fully saturated rings. The van der Waals surface area contributed by atoms with Crippen molar-refractivity contribution in [2.75, 3.05) is 11.9 Å². The molecule has 0 aliphatic rings. The number of aliphatic hydroxyl groups is 1. The van der Waals surface area contributed by atoms with E-state index in [0.717, 1.165) is 6.42 Å². The molecule has 13 heteroatoms. The monoisotopic (exact) mass is 548 g/mol. The van der Waals surface area contributed by atoms with Crippen LogP contribution in [0.25, 0.3) is 0 Å². The number of nitrogens with zero attached hydrogens (tertiary/aromatic N) is 2. The molecule has 1 aromatic heterocycles. The summed E-state index contributed by atoms with van der Waals surface area (Å²) in [5.74, 6) is -0.630. The van der Waals surface area contributed by atoms with E-state index >= 15 is 0 Å². The Balaban J connectivity index is 1.85. The molecular formula is C24H23ClF6N4O2. The largest absolute Gasteiger partial charge is 0.435 e. The number of anilines is 1. The van der Waals surface area contributed by atoms with E-state index in [9.17, 15) is 36.2 Å². The van der Waals surface area contributed by atoms with Crippen LogP contribution in [0.3, 0.4) is 0 Å². The summed E-state index contributed by atoms with van der Waals surface area (Å²) in [4.78, 5) is 13.0. The van der Waals surface area contributed by atoms with Crippen LogP contribution < -0.4 is 10.6 Å². The molecule has 0 aliphatic carbocycles. The number of aromatic nitrogens is 2. The van der Waals surface area contributed by atoms with Gasteiger partial charge in [0.1, 0.15) is 11.9 Å². The Labute approximate surface area is 213 Å². The highest BCUT2D eigenvalue weighted by Gasteiger charge is 2.41. The van der Waals surface area contributed by atoms with Gasteiger partial charge in [0.05, 0.1) is 17.1 Å². The van der Waals surface area contributed by atoms with Crippen LogP contribution in [0.1, 0.15) is 58.0 Å². The van der Waals surface area contributed by atoms with E-state index in [1.807, 2.05) is 6.92 Å². The molecule has 6 nitrogen and oxygen atoms in total. The topological polar surface area (TPSA) is 79.2 Å². The molecular weight excluding hydrogens is 526 g/mol. The van der Waals surface area contributed by atoms with Crippen LogP contribution >= 0.6 is 11.6 Å². The van der Waals surface area contributed by atoms with Gasteiger partial charge in [0.25, 0.3) is 5.91 Å². The number of amides is 1. The molecule has 0 bridgehead atoms. The molecule has 2 aromatic carbocycles. The summed E-state index contributed by atoms with van der Waals surface area (Å²) in [6.07, 6.45) is -10.5. The molecule has 0 saturated heterocycles. The third kappa shape index (κ3) is 6.82. The van der Waals surface area contributed by atoms with E-state index in [1.165, 1.54) is 24.3 Å². The standard InChI is InChI=1S/C24H23ClF6N4O2/c1-3-9-32-21(36)15-5-4-6-16(25)20(15)22(37)33-17-8-7-14(10-13(17)2)12-35-19(24(29,30)31)11-18(34-35)23(26,27)28/h4-8,10-11,21,32,36H,3,9,12H2,1-2H3,(H,33,37). The van der Waals surface area contributed by atoms with Crippen molar-refractivity contribution >= 4 is 23.2 Å². The highest BCUT2D eigenvalue weighted by atomic mass is 35.5. The summed E-state index contributed by atoms with van der Waals surface area (Å²) in [5.41, 5.74) is -1.93. The van der Waals surface area contributed by atoms with Gasteiger partial charge in [0.15, 0.2) is 5.69 Å². The Morgan fingerprint density at radius 1 is 1.11 bits per heavy atom. The Morgan fingerprint density at radius 3 is 2.41 bits per heavy atom. The van der Waals surface area contributed by atoms with Gasteiger partial charge in [-0.2, -0.15) is 31.4 Å². The minimum absolute atomic E-state index is 0.0353. The quantitative estimate of drug-likeness (QED) is 0.232. The molecule has 1 unspecified atom stereocenters. The predicted octanol–water partition coefficient (Wildman–Crippen LogP) is 6.17. The lowest BCUT2D eigenvalue weighted by atomic mass is 10.0. The third-order valence-electron chi connectivity index (χ3n) is 5.39. The first kappa shape index (κ1) is 28.5. The van der Waals surface area contributed by atoms with E-state index < -0.39 is 42.4 Å². The van der Waals surface area contributed by atoms with Crippen molar-refractivity contribution in [3.05, 3.63) is 81.1 Å². The number of aryl methyl sites for hydroxylation is 1. The molecule has 1 amide bonds. The lowest BCUT2D eigenvalue weighted by Crippen LogP contribution is -2.25. The summed E-state index contributed by atoms with van der Waals surface area (Å²) < 4.78 is 78.9. The summed E-state index contributed by atoms with van der Waals surface area (Å²) in [5, 5.41) is 19.1. The molecule has 0 radical (unpaired) electrons. The molecule has 1 atom stereocenters. The van der Waals surface area contributed by atoms with Crippen molar-refractivity contribution < 1.29 is 36.2 Å². The first-order valence-corrected chi connectivity index (χ1v) is 11.4. The van der Waals surface area contributed by atoms with E-state index in [-0.39, 0.29) is 32.5 Å². The van der Waals surface area contributed by atoms with E-state index in [0.29, 0.717) is 17.8 Å². The molecule has 37 heavy (non-hydrogen) atoms. The van der Waals surface area contributed by atoms with Crippen LogP contribution in [0.15, 0.2) is 42.5 Å². The zero-order chi connectivity index (χ0) is 27.5. The number of benzene rings is 2. The number of hydrogen-bond acceptors (Lipinski definition) is 4. The second-order valence-corrected chi connectivity index (χ2v) is 8.64. The lowest BCUT2D eigenvalue weighted by Gasteiger charge is -2.18. The minimum Gasteiger partial charge on any atom is -0.374 e. The van der Waals surface area contributed by atoms with Crippen LogP contribution in [-0.2, 0) is 18.9 Å². The molecule has 3 N–H and O–H groups in total. The Bertz CT molecular complexity index is 1270. The number of rotatable bonds is 8. The van der Waals surface area contributed by atoms with Crippen molar-refractivity contribution in [1.29, 1.82) is 0 Å². The zero-order valence-corrected chi connectivity index (χ0v) is 20.4. The van der Waals surface area contributed by atoms with E-state index in [4.69, 9.17) is 11.6 Å². The van der Waals surface area contributed by atoms with Crippen LogP contribution in [0.5, 0.6) is 0 Å². The van der Waals surface area contributed by atoms with E-state index in [1.54, 1.807) is 19.1 Å². The van der Waals surface area contributed by atoms with Crippen molar-refractivity contribution in [2.45, 2.75) is 45.4 Å². The van der Waals surface area contributed by atoms with Crippen molar-refractivity contribution in [3.8, 4) is 0 Å². The smallest absolute Gasteiger partial charge is 0.374 e. The molecule has 0 aliphatic heterocycles. The summed E-state index contributed by atoms with van der Waals surface area (Å²) in [7, 11) is 0. The van der Waals surface area contributed by atoms with Crippen LogP contribution in [0.4, 0.5) is 32.0 Å². The van der Waals surface area contributed by atoms with Gasteiger partial charge in [-0.1, -0.05) is 42.8 Å². The fourth-order valence-corrected chi connectivity index (χ4v) is 3.89. The molecule has 200 valence electrons. The number of hydrogen-bond donors (Lipinski definition) is 3. The molecule has 1 heterocycles. The normalized spacial score (nSPS) is 13.0. The fourth-order valence-electron chi connectivity index (χ4n) is 3.63. The highest BCUT2D eigenvalue weighted by molar-refractivity contribution is 6.34. The minimum atomic E-state index is -5.04. The van der Waals surface area contributed by atoms with Crippen LogP contribution in [0.2, 0.25) is 5.02 Å². The number of halogens is 7. The van der Waals surface area contributed by atoms with Crippen LogP contribution in [-0.4, -0.2) is 27.3 Å². The Hall–Kier alpha value is -3.09. The summed E-state index contributed by atoms with van der Waals surface area (Å²) in [6.45, 7) is 3.39. The second-order valence-electron chi connectivity index (χ2n) is 8.23. The average Bonchev–Trinajstić information content (AvgIpc) is 3.24. The second kappa shape index (κ2) is 11.1. The highest BCUT2D eigenvalue weighted by Crippen LogP contribution is 2.35. The number of alkyl halides is 6. The number of nitrogens with one attached hydrogen (secondary N) is 2. The maximum Gasteiger partial charge on any atom is 0.435 e. The maximum absolute atomic E-state index is 13.3. The van der Waals surface area contributed by atoms with Gasteiger partial charge in [-0.15, -0.1) is 0 Å². The predicted molar refractivity (Wildman–Crippen MR) is 125 cm³/mol. The van der Waals surface area contributed by atoms with Gasteiger partial charge >= 0.3 is 12.4 Å². The Morgan fingerprint density at radius 2 is 1.81 bits per heavy atom. The number of carbonyl (C=O) groups excluding carboxylic acids is 1. The molecule has 3 rings (SSSR count). The van der Waals surface area contributed by atoms with Gasteiger partial charge in [-0.05, 0) is 43.1 Å². The fraction of sp³-hybridized carbons (Fsp3) is 0.333.